The molecule has 0 aliphatic carbocycles. The highest BCUT2D eigenvalue weighted by Gasteiger charge is 2.33. The van der Waals surface area contributed by atoms with E-state index in [2.05, 4.69) is 32.6 Å². The summed E-state index contributed by atoms with van der Waals surface area (Å²) in [4.78, 5) is 17.5. The summed E-state index contributed by atoms with van der Waals surface area (Å²) in [6.07, 6.45) is 10.4. The van der Waals surface area contributed by atoms with Crippen LogP contribution in [0.1, 0.15) is 51.4 Å². The van der Waals surface area contributed by atoms with Crippen molar-refractivity contribution in [1.29, 1.82) is 0 Å². The van der Waals surface area contributed by atoms with Gasteiger partial charge in [0.05, 0.1) is 6.61 Å². The number of fused-ring (bicyclic) bond motifs is 1. The summed E-state index contributed by atoms with van der Waals surface area (Å²) >= 11 is 0. The molecule has 3 aliphatic rings. The molecule has 6 heteroatoms. The summed E-state index contributed by atoms with van der Waals surface area (Å²) in [5, 5.41) is 5.84. The number of hydrogen-bond acceptors (Lipinski definition) is 4. The van der Waals surface area contributed by atoms with E-state index >= 15 is 0 Å². The molecule has 2 amide bonds. The number of piperidine rings is 3. The molecular weight excluding hydrogens is 424 g/mol. The number of nitrogens with one attached hydrogen (secondary N) is 2. The Bertz CT molecular complexity index is 922. The topological polar surface area (TPSA) is 56.8 Å². The van der Waals surface area contributed by atoms with Crippen LogP contribution in [0.2, 0.25) is 0 Å². The highest BCUT2D eigenvalue weighted by Crippen LogP contribution is 2.31. The monoisotopic (exact) mass is 462 g/mol. The van der Waals surface area contributed by atoms with Crippen LogP contribution in [0.4, 0.5) is 21.9 Å². The summed E-state index contributed by atoms with van der Waals surface area (Å²) in [7, 11) is 0. The molecule has 3 saturated heterocycles. The van der Waals surface area contributed by atoms with Gasteiger partial charge >= 0.3 is 6.03 Å². The van der Waals surface area contributed by atoms with Gasteiger partial charge in [-0.1, -0.05) is 6.42 Å². The van der Waals surface area contributed by atoms with Gasteiger partial charge < -0.3 is 20.3 Å². The minimum Gasteiger partial charge on any atom is -0.493 e. The summed E-state index contributed by atoms with van der Waals surface area (Å²) in [5.41, 5.74) is 2.78. The minimum atomic E-state index is -0.237. The van der Waals surface area contributed by atoms with Crippen LogP contribution in [0.15, 0.2) is 48.5 Å². The SMILES string of the molecule is O=C(Nc1ccc(OC[C@@H]2CCCN3CCCC[C@H]23)cc1)Nc1ccc(N2CCCCC2)cc1. The van der Waals surface area contributed by atoms with Gasteiger partial charge in [-0.3, -0.25) is 4.90 Å². The van der Waals surface area contributed by atoms with Crippen molar-refractivity contribution >= 4 is 23.1 Å². The van der Waals surface area contributed by atoms with Crippen molar-refractivity contribution in [2.75, 3.05) is 48.3 Å². The molecule has 0 unspecified atom stereocenters. The quantitative estimate of drug-likeness (QED) is 0.556. The Hall–Kier alpha value is -2.73. The predicted octanol–water partition coefficient (Wildman–Crippen LogP) is 5.96. The molecule has 34 heavy (non-hydrogen) atoms. The Morgan fingerprint density at radius 3 is 2.15 bits per heavy atom. The maximum Gasteiger partial charge on any atom is 0.323 e. The summed E-state index contributed by atoms with van der Waals surface area (Å²) in [5.74, 6) is 1.49. The molecule has 2 aromatic carbocycles. The van der Waals surface area contributed by atoms with Gasteiger partial charge in [0.2, 0.25) is 0 Å². The van der Waals surface area contributed by atoms with Gasteiger partial charge in [-0.05, 0) is 107 Å². The lowest BCUT2D eigenvalue weighted by Gasteiger charge is -2.44. The molecule has 0 radical (unpaired) electrons. The van der Waals surface area contributed by atoms with Crippen molar-refractivity contribution in [3.05, 3.63) is 48.5 Å². The van der Waals surface area contributed by atoms with Gasteiger partial charge in [-0.25, -0.2) is 4.79 Å². The van der Waals surface area contributed by atoms with E-state index in [0.29, 0.717) is 12.0 Å². The average molecular weight is 463 g/mol. The molecule has 0 aromatic heterocycles. The molecule has 0 spiro atoms. The Morgan fingerprint density at radius 2 is 1.41 bits per heavy atom. The zero-order chi connectivity index (χ0) is 23.2. The molecular formula is C28H38N4O2. The van der Waals surface area contributed by atoms with E-state index in [-0.39, 0.29) is 6.03 Å². The fraction of sp³-hybridized carbons (Fsp3) is 0.536. The number of rotatable bonds is 6. The van der Waals surface area contributed by atoms with E-state index in [1.165, 1.54) is 70.1 Å². The fourth-order valence-corrected chi connectivity index (χ4v) is 5.81. The van der Waals surface area contributed by atoms with E-state index in [4.69, 9.17) is 4.74 Å². The van der Waals surface area contributed by atoms with Crippen LogP contribution in [-0.2, 0) is 0 Å². The number of carbonyl (C=O) groups is 1. The average Bonchev–Trinajstić information content (AvgIpc) is 2.89. The van der Waals surface area contributed by atoms with E-state index in [0.717, 1.165) is 36.8 Å². The van der Waals surface area contributed by atoms with Crippen LogP contribution in [0.5, 0.6) is 5.75 Å². The van der Waals surface area contributed by atoms with Crippen molar-refractivity contribution in [2.24, 2.45) is 5.92 Å². The Kier molecular flexibility index (Phi) is 7.54. The number of urea groups is 1. The third kappa shape index (κ3) is 5.84. The normalized spacial score (nSPS) is 23.1. The summed E-state index contributed by atoms with van der Waals surface area (Å²) in [6, 6.07) is 16.3. The van der Waals surface area contributed by atoms with Gasteiger partial charge in [-0.2, -0.15) is 0 Å². The molecule has 0 bridgehead atoms. The zero-order valence-corrected chi connectivity index (χ0v) is 20.2. The van der Waals surface area contributed by atoms with Crippen molar-refractivity contribution in [1.82, 2.24) is 4.90 Å². The van der Waals surface area contributed by atoms with Gasteiger partial charge in [-0.15, -0.1) is 0 Å². The van der Waals surface area contributed by atoms with Crippen LogP contribution in [-0.4, -0.2) is 49.8 Å². The van der Waals surface area contributed by atoms with Crippen LogP contribution in [0, 0.1) is 5.92 Å². The number of nitrogens with zero attached hydrogens (tertiary/aromatic N) is 2. The number of anilines is 3. The molecule has 0 saturated carbocycles. The number of benzene rings is 2. The fourth-order valence-electron chi connectivity index (χ4n) is 5.81. The maximum atomic E-state index is 12.5. The second kappa shape index (κ2) is 11.1. The second-order valence-corrected chi connectivity index (χ2v) is 10.0. The first kappa shape index (κ1) is 23.0. The lowest BCUT2D eigenvalue weighted by atomic mass is 9.84. The first-order chi connectivity index (χ1) is 16.7. The highest BCUT2D eigenvalue weighted by molar-refractivity contribution is 5.99. The lowest BCUT2D eigenvalue weighted by Crippen LogP contribution is -2.49. The summed E-state index contributed by atoms with van der Waals surface area (Å²) in [6.45, 7) is 5.53. The molecule has 182 valence electrons. The van der Waals surface area contributed by atoms with E-state index < -0.39 is 0 Å². The Morgan fingerprint density at radius 1 is 0.765 bits per heavy atom. The van der Waals surface area contributed by atoms with E-state index in [1.807, 2.05) is 36.4 Å². The van der Waals surface area contributed by atoms with E-state index in [1.54, 1.807) is 0 Å². The Balaban J connectivity index is 1.08. The third-order valence-electron chi connectivity index (χ3n) is 7.65. The van der Waals surface area contributed by atoms with Crippen molar-refractivity contribution in [3.63, 3.8) is 0 Å². The largest absolute Gasteiger partial charge is 0.493 e. The summed E-state index contributed by atoms with van der Waals surface area (Å²) < 4.78 is 6.15. The first-order valence-corrected chi connectivity index (χ1v) is 13.1. The van der Waals surface area contributed by atoms with Crippen LogP contribution in [0.3, 0.4) is 0 Å². The molecule has 5 rings (SSSR count). The number of amides is 2. The van der Waals surface area contributed by atoms with Crippen molar-refractivity contribution in [2.45, 2.75) is 57.4 Å². The number of hydrogen-bond donors (Lipinski definition) is 2. The molecule has 3 heterocycles. The maximum absolute atomic E-state index is 12.5. The molecule has 2 aromatic rings. The lowest BCUT2D eigenvalue weighted by molar-refractivity contribution is 0.0366. The third-order valence-corrected chi connectivity index (χ3v) is 7.65. The Labute approximate surface area is 203 Å². The smallest absolute Gasteiger partial charge is 0.323 e. The van der Waals surface area contributed by atoms with Gasteiger partial charge in [0.15, 0.2) is 0 Å². The standard InChI is InChI=1S/C28H38N4O2/c33-28(29-23-9-13-25(14-10-23)31-17-3-1-4-18-31)30-24-11-15-26(16-12-24)34-21-22-7-6-20-32-19-5-2-8-27(22)32/h9-16,22,27H,1-8,17-21H2,(H2,29,30,33)/t22-,27+/m0/s1. The molecule has 6 nitrogen and oxygen atoms in total. The second-order valence-electron chi connectivity index (χ2n) is 10.0. The predicted molar refractivity (Wildman–Crippen MR) is 139 cm³/mol. The van der Waals surface area contributed by atoms with Crippen LogP contribution >= 0.6 is 0 Å². The zero-order valence-electron chi connectivity index (χ0n) is 20.2. The van der Waals surface area contributed by atoms with Gasteiger partial charge in [0.25, 0.3) is 0 Å². The van der Waals surface area contributed by atoms with Gasteiger partial charge in [0, 0.05) is 42.1 Å². The molecule has 2 N–H and O–H groups in total. The van der Waals surface area contributed by atoms with Crippen LogP contribution < -0.4 is 20.3 Å². The van der Waals surface area contributed by atoms with E-state index in [9.17, 15) is 4.79 Å². The van der Waals surface area contributed by atoms with Crippen molar-refractivity contribution in [3.8, 4) is 5.75 Å². The van der Waals surface area contributed by atoms with Crippen LogP contribution in [0.25, 0.3) is 0 Å². The van der Waals surface area contributed by atoms with Crippen molar-refractivity contribution < 1.29 is 9.53 Å². The first-order valence-electron chi connectivity index (χ1n) is 13.1. The molecule has 3 fully saturated rings. The molecule has 3 aliphatic heterocycles. The minimum absolute atomic E-state index is 0.237. The highest BCUT2D eigenvalue weighted by atomic mass is 16.5. The number of carbonyl (C=O) groups excluding carboxylic acids is 1. The molecule has 2 atom stereocenters. The number of ether oxygens (including phenoxy) is 1. The van der Waals surface area contributed by atoms with Gasteiger partial charge in [0.1, 0.15) is 5.75 Å².